The Balaban J connectivity index is 2.95. The highest BCUT2D eigenvalue weighted by Gasteiger charge is 2.10. The molecule has 0 aliphatic heterocycles. The van der Waals surface area contributed by atoms with Crippen molar-refractivity contribution in [1.29, 1.82) is 0 Å². The van der Waals surface area contributed by atoms with E-state index in [0.29, 0.717) is 10.9 Å². The number of aryl methyl sites for hydroxylation is 1. The Hall–Kier alpha value is -0.890. The van der Waals surface area contributed by atoms with Crippen molar-refractivity contribution >= 4 is 17.2 Å². The first kappa shape index (κ1) is 11.2. The van der Waals surface area contributed by atoms with Gasteiger partial charge in [-0.2, -0.15) is 0 Å². The zero-order valence-corrected chi connectivity index (χ0v) is 9.82. The molecule has 76 valence electrons. The van der Waals surface area contributed by atoms with E-state index in [-0.39, 0.29) is 0 Å². The Labute approximate surface area is 91.3 Å². The second kappa shape index (κ2) is 4.56. The summed E-state index contributed by atoms with van der Waals surface area (Å²) < 4.78 is 0. The number of hydrogen-bond donors (Lipinski definition) is 1. The van der Waals surface area contributed by atoms with Gasteiger partial charge in [0.1, 0.15) is 0 Å². The third-order valence-electron chi connectivity index (χ3n) is 2.68. The van der Waals surface area contributed by atoms with Gasteiger partial charge in [0.15, 0.2) is 0 Å². The van der Waals surface area contributed by atoms with Gasteiger partial charge in [-0.1, -0.05) is 37.3 Å². The molecule has 0 radical (unpaired) electrons. The molecule has 1 unspecified atom stereocenters. The van der Waals surface area contributed by atoms with Crippen molar-refractivity contribution in [3.05, 3.63) is 34.9 Å². The zero-order valence-electron chi connectivity index (χ0n) is 9.00. The van der Waals surface area contributed by atoms with Crippen molar-refractivity contribution in [1.82, 2.24) is 0 Å². The van der Waals surface area contributed by atoms with Gasteiger partial charge in [0.05, 0.1) is 4.99 Å². The highest BCUT2D eigenvalue weighted by Crippen LogP contribution is 2.24. The van der Waals surface area contributed by atoms with E-state index in [1.807, 2.05) is 0 Å². The average molecular weight is 207 g/mol. The van der Waals surface area contributed by atoms with Crippen molar-refractivity contribution in [2.45, 2.75) is 33.1 Å². The highest BCUT2D eigenvalue weighted by atomic mass is 32.1. The standard InChI is InChI=1S/C12H17NS/c1-8-5-4-6-11(10(8)3)9(2)7-12(13)14/h4-6,9H,7H2,1-3H3,(H2,13,14). The molecule has 2 N–H and O–H groups in total. The second-order valence-corrected chi connectivity index (χ2v) is 4.38. The van der Waals surface area contributed by atoms with Crippen LogP contribution >= 0.6 is 12.2 Å². The van der Waals surface area contributed by atoms with Crippen molar-refractivity contribution in [2.24, 2.45) is 5.73 Å². The lowest BCUT2D eigenvalue weighted by Crippen LogP contribution is -2.12. The Morgan fingerprint density at radius 3 is 2.64 bits per heavy atom. The molecule has 0 amide bonds. The molecule has 14 heavy (non-hydrogen) atoms. The van der Waals surface area contributed by atoms with Crippen molar-refractivity contribution in [3.8, 4) is 0 Å². The third-order valence-corrected chi connectivity index (χ3v) is 2.85. The first-order chi connectivity index (χ1) is 6.52. The molecule has 0 heterocycles. The van der Waals surface area contributed by atoms with Crippen LogP contribution in [0.2, 0.25) is 0 Å². The number of benzene rings is 1. The van der Waals surface area contributed by atoms with Gasteiger partial charge in [-0.05, 0) is 36.5 Å². The average Bonchev–Trinajstić information content (AvgIpc) is 2.08. The summed E-state index contributed by atoms with van der Waals surface area (Å²) in [5.74, 6) is 0.424. The van der Waals surface area contributed by atoms with Gasteiger partial charge in [0, 0.05) is 6.42 Å². The number of rotatable bonds is 3. The Morgan fingerprint density at radius 1 is 1.43 bits per heavy atom. The zero-order chi connectivity index (χ0) is 10.7. The van der Waals surface area contributed by atoms with Crippen LogP contribution in [-0.2, 0) is 0 Å². The molecular formula is C12H17NS. The lowest BCUT2D eigenvalue weighted by Gasteiger charge is -2.15. The molecule has 0 saturated heterocycles. The summed E-state index contributed by atoms with van der Waals surface area (Å²) in [6.07, 6.45) is 0.791. The number of nitrogens with two attached hydrogens (primary N) is 1. The summed E-state index contributed by atoms with van der Waals surface area (Å²) in [5, 5.41) is 0. The lowest BCUT2D eigenvalue weighted by atomic mass is 9.91. The van der Waals surface area contributed by atoms with Gasteiger partial charge in [0.2, 0.25) is 0 Å². The van der Waals surface area contributed by atoms with Crippen LogP contribution < -0.4 is 5.73 Å². The number of hydrogen-bond acceptors (Lipinski definition) is 1. The Kier molecular flexibility index (Phi) is 3.64. The van der Waals surface area contributed by atoms with Crippen LogP contribution in [0.1, 0.15) is 36.0 Å². The topological polar surface area (TPSA) is 26.0 Å². The molecule has 1 nitrogen and oxygen atoms in total. The van der Waals surface area contributed by atoms with Gasteiger partial charge >= 0.3 is 0 Å². The predicted octanol–water partition coefficient (Wildman–Crippen LogP) is 3.08. The maximum Gasteiger partial charge on any atom is 0.0733 e. The van der Waals surface area contributed by atoms with Crippen LogP contribution in [0, 0.1) is 13.8 Å². The first-order valence-corrected chi connectivity index (χ1v) is 5.27. The molecule has 0 spiro atoms. The van der Waals surface area contributed by atoms with Gasteiger partial charge in [-0.15, -0.1) is 0 Å². The molecule has 1 aromatic carbocycles. The van der Waals surface area contributed by atoms with E-state index in [0.717, 1.165) is 6.42 Å². The van der Waals surface area contributed by atoms with E-state index >= 15 is 0 Å². The summed E-state index contributed by atoms with van der Waals surface area (Å²) >= 11 is 4.93. The molecule has 0 aliphatic carbocycles. The normalized spacial score (nSPS) is 12.5. The summed E-state index contributed by atoms with van der Waals surface area (Å²) in [4.78, 5) is 0.596. The van der Waals surface area contributed by atoms with Crippen molar-refractivity contribution < 1.29 is 0 Å². The van der Waals surface area contributed by atoms with Gasteiger partial charge in [0.25, 0.3) is 0 Å². The molecule has 0 saturated carbocycles. The van der Waals surface area contributed by atoms with Gasteiger partial charge in [-0.3, -0.25) is 0 Å². The minimum atomic E-state index is 0.424. The van der Waals surface area contributed by atoms with Crippen LogP contribution in [0.5, 0.6) is 0 Å². The molecule has 1 atom stereocenters. The fraction of sp³-hybridized carbons (Fsp3) is 0.417. The highest BCUT2D eigenvalue weighted by molar-refractivity contribution is 7.80. The monoisotopic (exact) mass is 207 g/mol. The number of thiocarbonyl (C=S) groups is 1. The molecule has 2 heteroatoms. The summed E-state index contributed by atoms with van der Waals surface area (Å²) in [5.41, 5.74) is 9.60. The molecule has 0 bridgehead atoms. The summed E-state index contributed by atoms with van der Waals surface area (Å²) in [6.45, 7) is 6.45. The van der Waals surface area contributed by atoms with E-state index in [1.54, 1.807) is 0 Å². The Bertz CT molecular complexity index is 344. The largest absolute Gasteiger partial charge is 0.393 e. The van der Waals surface area contributed by atoms with Crippen LogP contribution in [0.4, 0.5) is 0 Å². The smallest absolute Gasteiger partial charge is 0.0733 e. The van der Waals surface area contributed by atoms with Crippen LogP contribution in [0.3, 0.4) is 0 Å². The lowest BCUT2D eigenvalue weighted by molar-refractivity contribution is 0.797. The van der Waals surface area contributed by atoms with Gasteiger partial charge in [-0.25, -0.2) is 0 Å². The van der Waals surface area contributed by atoms with Gasteiger partial charge < -0.3 is 5.73 Å². The molecular weight excluding hydrogens is 190 g/mol. The van der Waals surface area contributed by atoms with Crippen LogP contribution in [-0.4, -0.2) is 4.99 Å². The minimum absolute atomic E-state index is 0.424. The minimum Gasteiger partial charge on any atom is -0.393 e. The fourth-order valence-electron chi connectivity index (χ4n) is 1.72. The quantitative estimate of drug-likeness (QED) is 0.771. The van der Waals surface area contributed by atoms with E-state index in [4.69, 9.17) is 18.0 Å². The molecule has 1 aromatic rings. The van der Waals surface area contributed by atoms with Crippen LogP contribution in [0.25, 0.3) is 0 Å². The Morgan fingerprint density at radius 2 is 2.07 bits per heavy atom. The predicted molar refractivity (Wildman–Crippen MR) is 65.7 cm³/mol. The van der Waals surface area contributed by atoms with Crippen molar-refractivity contribution in [3.63, 3.8) is 0 Å². The van der Waals surface area contributed by atoms with Crippen LogP contribution in [0.15, 0.2) is 18.2 Å². The maximum absolute atomic E-state index is 5.55. The summed E-state index contributed by atoms with van der Waals surface area (Å²) in [7, 11) is 0. The maximum atomic E-state index is 5.55. The molecule has 0 aliphatic rings. The van der Waals surface area contributed by atoms with Crippen molar-refractivity contribution in [2.75, 3.05) is 0 Å². The second-order valence-electron chi connectivity index (χ2n) is 3.86. The fourth-order valence-corrected chi connectivity index (χ4v) is 1.97. The van der Waals surface area contributed by atoms with E-state index in [2.05, 4.69) is 39.0 Å². The first-order valence-electron chi connectivity index (χ1n) is 4.86. The van der Waals surface area contributed by atoms with E-state index in [1.165, 1.54) is 16.7 Å². The summed E-state index contributed by atoms with van der Waals surface area (Å²) in [6, 6.07) is 6.38. The van der Waals surface area contributed by atoms with E-state index in [9.17, 15) is 0 Å². The molecule has 1 rings (SSSR count). The third kappa shape index (κ3) is 2.55. The molecule has 0 fully saturated rings. The van der Waals surface area contributed by atoms with E-state index < -0.39 is 0 Å². The molecule has 0 aromatic heterocycles. The SMILES string of the molecule is Cc1cccc(C(C)CC(N)=S)c1C.